The number of rotatable bonds is 12. The van der Waals surface area contributed by atoms with Gasteiger partial charge in [-0.05, 0) is 80.7 Å². The van der Waals surface area contributed by atoms with Gasteiger partial charge in [-0.3, -0.25) is 9.59 Å². The van der Waals surface area contributed by atoms with Crippen LogP contribution in [0.3, 0.4) is 0 Å². The summed E-state index contributed by atoms with van der Waals surface area (Å²) in [7, 11) is 1.59. The summed E-state index contributed by atoms with van der Waals surface area (Å²) < 4.78 is 7.15. The maximum absolute atomic E-state index is 13.0. The maximum atomic E-state index is 13.0. The van der Waals surface area contributed by atoms with E-state index in [0.717, 1.165) is 22.6 Å². The fourth-order valence-electron chi connectivity index (χ4n) is 3.65. The van der Waals surface area contributed by atoms with Gasteiger partial charge in [0.25, 0.3) is 5.91 Å². The number of carbonyl (C=O) groups excluding carboxylic acids is 2. The third-order valence-corrected chi connectivity index (χ3v) is 7.46. The van der Waals surface area contributed by atoms with Crippen molar-refractivity contribution in [1.29, 1.82) is 0 Å². The van der Waals surface area contributed by atoms with E-state index in [0.29, 0.717) is 35.3 Å². The summed E-state index contributed by atoms with van der Waals surface area (Å²) in [6, 6.07) is 12.5. The van der Waals surface area contributed by atoms with Gasteiger partial charge in [-0.15, -0.1) is 10.2 Å². The van der Waals surface area contributed by atoms with Crippen LogP contribution in [0.1, 0.15) is 46.7 Å². The monoisotopic (exact) mass is 527 g/mol. The maximum Gasteiger partial charge on any atom is 0.251 e. The van der Waals surface area contributed by atoms with Crippen LogP contribution in [0.2, 0.25) is 0 Å². The fraction of sp³-hybridized carbons (Fsp3) is 0.385. The molecule has 0 saturated heterocycles. The number of thioether (sulfide) groups is 2. The number of aryl methyl sites for hydroxylation is 1. The average molecular weight is 528 g/mol. The molecule has 0 radical (unpaired) electrons. The Labute approximate surface area is 221 Å². The minimum atomic E-state index is -0.308. The number of anilines is 1. The van der Waals surface area contributed by atoms with Gasteiger partial charge in [0.05, 0.1) is 18.9 Å². The van der Waals surface area contributed by atoms with Crippen LogP contribution in [0, 0.1) is 13.8 Å². The van der Waals surface area contributed by atoms with E-state index in [1.165, 1.54) is 11.8 Å². The van der Waals surface area contributed by atoms with Crippen molar-refractivity contribution >= 4 is 41.0 Å². The molecule has 1 heterocycles. The largest absolute Gasteiger partial charge is 0.497 e. The Balaban J connectivity index is 1.72. The summed E-state index contributed by atoms with van der Waals surface area (Å²) in [5.41, 5.74) is 3.55. The van der Waals surface area contributed by atoms with Crippen LogP contribution in [0.15, 0.2) is 47.6 Å². The number of nitrogens with one attached hydrogen (secondary N) is 2. The number of methoxy groups -OCH3 is 1. The van der Waals surface area contributed by atoms with Crippen molar-refractivity contribution in [3.05, 3.63) is 65.0 Å². The molecule has 0 fully saturated rings. The van der Waals surface area contributed by atoms with E-state index in [4.69, 9.17) is 4.74 Å². The summed E-state index contributed by atoms with van der Waals surface area (Å²) >= 11 is 3.04. The molecule has 2 aromatic carbocycles. The first kappa shape index (κ1) is 27.6. The van der Waals surface area contributed by atoms with Gasteiger partial charge in [0.1, 0.15) is 5.75 Å². The third kappa shape index (κ3) is 7.04. The molecule has 3 aromatic rings. The molecule has 3 rings (SSSR count). The molecular weight excluding hydrogens is 494 g/mol. The normalized spacial score (nSPS) is 11.7. The van der Waals surface area contributed by atoms with Crippen molar-refractivity contribution < 1.29 is 14.3 Å². The van der Waals surface area contributed by atoms with E-state index >= 15 is 0 Å². The van der Waals surface area contributed by atoms with E-state index in [-0.39, 0.29) is 23.6 Å². The molecule has 0 aliphatic rings. The first-order valence-electron chi connectivity index (χ1n) is 11.7. The number of benzene rings is 2. The van der Waals surface area contributed by atoms with Crippen LogP contribution in [-0.2, 0) is 11.3 Å². The number of ether oxygens (including phenoxy) is 1. The molecule has 0 unspecified atom stereocenters. The second-order valence-corrected chi connectivity index (χ2v) is 10.1. The lowest BCUT2D eigenvalue weighted by molar-refractivity contribution is -0.113. The zero-order valence-electron chi connectivity index (χ0n) is 21.3. The standard InChI is InChI=1S/C26H33N5O3S2/c1-6-31-24(22(14-15-35-5)28-25(33)19-10-12-20(34-4)13-11-19)29-30-26(31)36-16-23(32)27-21-9-7-8-17(2)18(21)3/h7-13,22H,6,14-16H2,1-5H3,(H,27,32)(H,28,33)/t22-/m1/s1. The molecule has 10 heteroatoms. The Morgan fingerprint density at radius 1 is 1.11 bits per heavy atom. The predicted molar refractivity (Wildman–Crippen MR) is 147 cm³/mol. The van der Waals surface area contributed by atoms with Crippen LogP contribution >= 0.6 is 23.5 Å². The topological polar surface area (TPSA) is 98.1 Å². The average Bonchev–Trinajstić information content (AvgIpc) is 3.30. The molecule has 2 N–H and O–H groups in total. The molecule has 192 valence electrons. The lowest BCUT2D eigenvalue weighted by Gasteiger charge is -2.19. The Morgan fingerprint density at radius 3 is 2.53 bits per heavy atom. The fourth-order valence-corrected chi connectivity index (χ4v) is 4.93. The van der Waals surface area contributed by atoms with Crippen LogP contribution < -0.4 is 15.4 Å². The smallest absolute Gasteiger partial charge is 0.251 e. The van der Waals surface area contributed by atoms with Crippen molar-refractivity contribution in [2.45, 2.75) is 44.9 Å². The molecule has 2 amide bonds. The lowest BCUT2D eigenvalue weighted by Crippen LogP contribution is -2.31. The second kappa shape index (κ2) is 13.4. The van der Waals surface area contributed by atoms with E-state index in [9.17, 15) is 9.59 Å². The molecule has 36 heavy (non-hydrogen) atoms. The highest BCUT2D eigenvalue weighted by atomic mass is 32.2. The SMILES string of the molecule is CCn1c(SCC(=O)Nc2cccc(C)c2C)nnc1[C@@H](CCSC)NC(=O)c1ccc(OC)cc1. The number of hydrogen-bond acceptors (Lipinski definition) is 7. The molecule has 0 spiro atoms. The van der Waals surface area contributed by atoms with Gasteiger partial charge in [0.15, 0.2) is 11.0 Å². The summed E-state index contributed by atoms with van der Waals surface area (Å²) in [5.74, 6) is 2.15. The summed E-state index contributed by atoms with van der Waals surface area (Å²) in [6.07, 6.45) is 2.74. The van der Waals surface area contributed by atoms with E-state index < -0.39 is 0 Å². The van der Waals surface area contributed by atoms with Crippen molar-refractivity contribution in [3.8, 4) is 5.75 Å². The van der Waals surface area contributed by atoms with Gasteiger partial charge in [0.2, 0.25) is 5.91 Å². The van der Waals surface area contributed by atoms with E-state index in [1.54, 1.807) is 43.1 Å². The highest BCUT2D eigenvalue weighted by molar-refractivity contribution is 7.99. The molecule has 0 saturated carbocycles. The molecule has 0 bridgehead atoms. The Bertz CT molecular complexity index is 1180. The Hall–Kier alpha value is -2.98. The number of nitrogens with zero attached hydrogens (tertiary/aromatic N) is 3. The number of aromatic nitrogens is 3. The zero-order valence-corrected chi connectivity index (χ0v) is 23.0. The number of carbonyl (C=O) groups is 2. The van der Waals surface area contributed by atoms with Gasteiger partial charge in [-0.25, -0.2) is 0 Å². The number of hydrogen-bond donors (Lipinski definition) is 2. The van der Waals surface area contributed by atoms with Crippen molar-refractivity contribution in [2.75, 3.05) is 30.2 Å². The van der Waals surface area contributed by atoms with E-state index in [2.05, 4.69) is 20.8 Å². The second-order valence-electron chi connectivity index (χ2n) is 8.21. The Kier molecular flexibility index (Phi) is 10.2. The first-order valence-corrected chi connectivity index (χ1v) is 14.1. The minimum absolute atomic E-state index is 0.104. The van der Waals surface area contributed by atoms with Gasteiger partial charge >= 0.3 is 0 Å². The third-order valence-electron chi connectivity index (χ3n) is 5.85. The molecule has 1 aromatic heterocycles. The van der Waals surface area contributed by atoms with E-state index in [1.807, 2.05) is 49.8 Å². The van der Waals surface area contributed by atoms with Crippen molar-refractivity contribution in [2.24, 2.45) is 0 Å². The summed E-state index contributed by atoms with van der Waals surface area (Å²) in [5, 5.41) is 15.5. The highest BCUT2D eigenvalue weighted by Gasteiger charge is 2.23. The van der Waals surface area contributed by atoms with Crippen LogP contribution in [0.5, 0.6) is 5.75 Å². The quantitative estimate of drug-likeness (QED) is 0.324. The first-order chi connectivity index (χ1) is 17.4. The Morgan fingerprint density at radius 2 is 1.86 bits per heavy atom. The molecule has 1 atom stereocenters. The van der Waals surface area contributed by atoms with Crippen molar-refractivity contribution in [1.82, 2.24) is 20.1 Å². The molecule has 8 nitrogen and oxygen atoms in total. The molecular formula is C26H33N5O3S2. The van der Waals surface area contributed by atoms with Crippen molar-refractivity contribution in [3.63, 3.8) is 0 Å². The van der Waals surface area contributed by atoms with Crippen LogP contribution in [-0.4, -0.2) is 51.5 Å². The highest BCUT2D eigenvalue weighted by Crippen LogP contribution is 2.25. The summed E-state index contributed by atoms with van der Waals surface area (Å²) in [6.45, 7) is 6.64. The number of amides is 2. The van der Waals surface area contributed by atoms with Gasteiger partial charge in [0, 0.05) is 17.8 Å². The van der Waals surface area contributed by atoms with Gasteiger partial charge in [-0.1, -0.05) is 23.9 Å². The van der Waals surface area contributed by atoms with Gasteiger partial charge in [-0.2, -0.15) is 11.8 Å². The van der Waals surface area contributed by atoms with Crippen LogP contribution in [0.25, 0.3) is 0 Å². The zero-order chi connectivity index (χ0) is 26.1. The molecule has 0 aliphatic heterocycles. The summed E-state index contributed by atoms with van der Waals surface area (Å²) in [4.78, 5) is 25.6. The predicted octanol–water partition coefficient (Wildman–Crippen LogP) is 4.88. The minimum Gasteiger partial charge on any atom is -0.497 e. The lowest BCUT2D eigenvalue weighted by atomic mass is 10.1. The van der Waals surface area contributed by atoms with Gasteiger partial charge < -0.3 is 19.9 Å². The van der Waals surface area contributed by atoms with Crippen LogP contribution in [0.4, 0.5) is 5.69 Å². The molecule has 0 aliphatic carbocycles.